The average Bonchev–Trinajstić information content (AvgIpc) is 2.92. The predicted octanol–water partition coefficient (Wildman–Crippen LogP) is 2.85. The second-order valence-electron chi connectivity index (χ2n) is 5.16. The van der Waals surface area contributed by atoms with Crippen molar-refractivity contribution in [1.82, 2.24) is 9.99 Å². The average molecular weight is 322 g/mol. The molecule has 0 fully saturated rings. The monoisotopic (exact) mass is 322 g/mol. The van der Waals surface area contributed by atoms with Crippen molar-refractivity contribution in [2.75, 3.05) is 0 Å². The highest BCUT2D eigenvalue weighted by atomic mass is 16.6. The van der Waals surface area contributed by atoms with Gasteiger partial charge in [0.1, 0.15) is 5.69 Å². The van der Waals surface area contributed by atoms with Crippen LogP contribution in [0.4, 0.5) is 5.69 Å². The molecule has 120 valence electrons. The number of nitrogens with one attached hydrogen (secondary N) is 1. The molecular weight excluding hydrogens is 308 g/mol. The normalized spacial score (nSPS) is 11.0. The van der Waals surface area contributed by atoms with Gasteiger partial charge in [-0.3, -0.25) is 14.9 Å². The molecule has 0 aliphatic carbocycles. The fraction of sp³-hybridized carbons (Fsp3) is 0.0588. The molecule has 0 spiro atoms. The third kappa shape index (κ3) is 2.87. The Balaban J connectivity index is 1.80. The van der Waals surface area contributed by atoms with Gasteiger partial charge in [0.05, 0.1) is 16.7 Å². The maximum Gasteiger partial charge on any atom is 0.287 e. The lowest BCUT2D eigenvalue weighted by Gasteiger charge is -2.02. The summed E-state index contributed by atoms with van der Waals surface area (Å²) in [5.74, 6) is -0.386. The summed E-state index contributed by atoms with van der Waals surface area (Å²) in [5, 5.41) is 15.7. The lowest BCUT2D eigenvalue weighted by atomic mass is 10.2. The molecule has 0 atom stereocenters. The number of fused-ring (bicyclic) bond motifs is 1. The minimum atomic E-state index is -0.493. The summed E-state index contributed by atoms with van der Waals surface area (Å²) in [5.41, 5.74) is 4.04. The van der Waals surface area contributed by atoms with E-state index in [-0.39, 0.29) is 11.6 Å². The Morgan fingerprint density at radius 3 is 2.67 bits per heavy atom. The second kappa shape index (κ2) is 6.33. The van der Waals surface area contributed by atoms with Gasteiger partial charge in [-0.1, -0.05) is 30.3 Å². The van der Waals surface area contributed by atoms with Crippen LogP contribution in [0.2, 0.25) is 0 Å². The fourth-order valence-electron chi connectivity index (χ4n) is 2.49. The van der Waals surface area contributed by atoms with Crippen LogP contribution in [0, 0.1) is 10.1 Å². The lowest BCUT2D eigenvalue weighted by Crippen LogP contribution is -2.20. The van der Waals surface area contributed by atoms with E-state index in [0.717, 1.165) is 10.9 Å². The van der Waals surface area contributed by atoms with Crippen LogP contribution in [0.5, 0.6) is 0 Å². The second-order valence-corrected chi connectivity index (χ2v) is 5.16. The molecule has 0 unspecified atom stereocenters. The standard InChI is InChI=1S/C17H14N4O3/c1-20-14-8-4-2-6-12(14)10-16(20)17(22)19-18-11-13-7-3-5-9-15(13)21(23)24/h2-11H,1H3,(H,19,22)/b18-11+. The molecule has 3 rings (SSSR count). The molecule has 0 aliphatic rings. The van der Waals surface area contributed by atoms with E-state index < -0.39 is 4.92 Å². The van der Waals surface area contributed by atoms with Gasteiger partial charge >= 0.3 is 0 Å². The molecular formula is C17H14N4O3. The number of para-hydroxylation sites is 2. The molecule has 1 N–H and O–H groups in total. The van der Waals surface area contributed by atoms with Crippen molar-refractivity contribution >= 4 is 28.7 Å². The molecule has 1 aromatic heterocycles. The number of nitro benzene ring substituents is 1. The Hall–Kier alpha value is -3.48. The van der Waals surface area contributed by atoms with Gasteiger partial charge in [-0.2, -0.15) is 5.10 Å². The number of carbonyl (C=O) groups is 1. The smallest absolute Gasteiger partial charge is 0.287 e. The molecule has 0 aliphatic heterocycles. The van der Waals surface area contributed by atoms with Gasteiger partial charge in [0.2, 0.25) is 0 Å². The van der Waals surface area contributed by atoms with E-state index in [1.165, 1.54) is 12.3 Å². The minimum absolute atomic E-state index is 0.0693. The zero-order chi connectivity index (χ0) is 17.1. The van der Waals surface area contributed by atoms with Crippen molar-refractivity contribution in [2.24, 2.45) is 12.1 Å². The van der Waals surface area contributed by atoms with Crippen LogP contribution < -0.4 is 5.43 Å². The lowest BCUT2D eigenvalue weighted by molar-refractivity contribution is -0.385. The van der Waals surface area contributed by atoms with Crippen molar-refractivity contribution in [3.8, 4) is 0 Å². The molecule has 3 aromatic rings. The molecule has 1 amide bonds. The Morgan fingerprint density at radius 2 is 1.92 bits per heavy atom. The quantitative estimate of drug-likeness (QED) is 0.455. The number of aromatic nitrogens is 1. The largest absolute Gasteiger partial charge is 0.340 e. The molecule has 1 heterocycles. The Morgan fingerprint density at radius 1 is 1.21 bits per heavy atom. The van der Waals surface area contributed by atoms with Gasteiger partial charge in [0.15, 0.2) is 0 Å². The molecule has 7 heteroatoms. The van der Waals surface area contributed by atoms with E-state index in [1.54, 1.807) is 35.9 Å². The zero-order valence-corrected chi connectivity index (χ0v) is 12.8. The van der Waals surface area contributed by atoms with Gasteiger partial charge in [0, 0.05) is 24.0 Å². The Kier molecular flexibility index (Phi) is 4.07. The summed E-state index contributed by atoms with van der Waals surface area (Å²) in [6.07, 6.45) is 1.26. The van der Waals surface area contributed by atoms with Crippen LogP contribution in [0.15, 0.2) is 59.7 Å². The van der Waals surface area contributed by atoms with Gasteiger partial charge in [0.25, 0.3) is 11.6 Å². The summed E-state index contributed by atoms with van der Waals surface area (Å²) in [6.45, 7) is 0. The number of rotatable bonds is 4. The fourth-order valence-corrected chi connectivity index (χ4v) is 2.49. The number of amides is 1. The first kappa shape index (κ1) is 15.4. The van der Waals surface area contributed by atoms with Crippen LogP contribution in [0.3, 0.4) is 0 Å². The summed E-state index contributed by atoms with van der Waals surface area (Å²) >= 11 is 0. The topological polar surface area (TPSA) is 89.5 Å². The third-order valence-corrected chi connectivity index (χ3v) is 3.69. The van der Waals surface area contributed by atoms with Crippen LogP contribution >= 0.6 is 0 Å². The maximum absolute atomic E-state index is 12.3. The van der Waals surface area contributed by atoms with E-state index in [0.29, 0.717) is 11.3 Å². The van der Waals surface area contributed by atoms with Crippen molar-refractivity contribution in [2.45, 2.75) is 0 Å². The number of benzene rings is 2. The number of hydrogen-bond donors (Lipinski definition) is 1. The SMILES string of the molecule is Cn1c(C(=O)N/N=C/c2ccccc2[N+](=O)[O-])cc2ccccc21. The maximum atomic E-state index is 12.3. The highest BCUT2D eigenvalue weighted by Crippen LogP contribution is 2.18. The first-order valence-corrected chi connectivity index (χ1v) is 7.19. The van der Waals surface area contributed by atoms with Gasteiger partial charge in [-0.15, -0.1) is 0 Å². The Labute approximate surface area is 137 Å². The molecule has 0 saturated heterocycles. The summed E-state index contributed by atoms with van der Waals surface area (Å²) in [4.78, 5) is 22.7. The van der Waals surface area contributed by atoms with Crippen LogP contribution in [-0.4, -0.2) is 21.6 Å². The van der Waals surface area contributed by atoms with Crippen molar-refractivity contribution in [1.29, 1.82) is 0 Å². The number of carbonyl (C=O) groups excluding carboxylic acids is 1. The third-order valence-electron chi connectivity index (χ3n) is 3.69. The molecule has 2 aromatic carbocycles. The van der Waals surface area contributed by atoms with E-state index in [1.807, 2.05) is 24.3 Å². The number of nitrogens with zero attached hydrogens (tertiary/aromatic N) is 3. The van der Waals surface area contributed by atoms with E-state index in [4.69, 9.17) is 0 Å². The van der Waals surface area contributed by atoms with Crippen LogP contribution in [0.25, 0.3) is 10.9 Å². The number of nitro groups is 1. The van der Waals surface area contributed by atoms with Gasteiger partial charge < -0.3 is 4.57 Å². The van der Waals surface area contributed by atoms with Crippen molar-refractivity contribution in [3.63, 3.8) is 0 Å². The first-order valence-electron chi connectivity index (χ1n) is 7.19. The first-order chi connectivity index (χ1) is 11.6. The summed E-state index contributed by atoms with van der Waals surface area (Å²) in [7, 11) is 1.79. The van der Waals surface area contributed by atoms with Gasteiger partial charge in [-0.05, 0) is 18.2 Å². The molecule has 24 heavy (non-hydrogen) atoms. The van der Waals surface area contributed by atoms with E-state index in [2.05, 4.69) is 10.5 Å². The molecule has 0 radical (unpaired) electrons. The van der Waals surface area contributed by atoms with E-state index in [9.17, 15) is 14.9 Å². The minimum Gasteiger partial charge on any atom is -0.340 e. The van der Waals surface area contributed by atoms with Crippen LogP contribution in [-0.2, 0) is 7.05 Å². The van der Waals surface area contributed by atoms with Crippen molar-refractivity contribution in [3.05, 3.63) is 76.0 Å². The molecule has 0 saturated carbocycles. The molecule has 7 nitrogen and oxygen atoms in total. The van der Waals surface area contributed by atoms with Crippen molar-refractivity contribution < 1.29 is 9.72 Å². The number of hydrogen-bond acceptors (Lipinski definition) is 4. The highest BCUT2D eigenvalue weighted by molar-refractivity contribution is 5.99. The number of aryl methyl sites for hydroxylation is 1. The van der Waals surface area contributed by atoms with E-state index >= 15 is 0 Å². The number of hydrazone groups is 1. The summed E-state index contributed by atoms with van der Waals surface area (Å²) in [6, 6.07) is 15.6. The summed E-state index contributed by atoms with van der Waals surface area (Å²) < 4.78 is 1.77. The van der Waals surface area contributed by atoms with Gasteiger partial charge in [-0.25, -0.2) is 5.43 Å². The Bertz CT molecular complexity index is 959. The highest BCUT2D eigenvalue weighted by Gasteiger charge is 2.13. The molecule has 0 bridgehead atoms. The van der Waals surface area contributed by atoms with Crippen LogP contribution in [0.1, 0.15) is 16.1 Å². The zero-order valence-electron chi connectivity index (χ0n) is 12.8. The predicted molar refractivity (Wildman–Crippen MR) is 91.1 cm³/mol.